The second-order valence-electron chi connectivity index (χ2n) is 8.97. The maximum absolute atomic E-state index is 13.2. The minimum Gasteiger partial charge on any atom is -0.492 e. The first-order chi connectivity index (χ1) is 16.1. The average Bonchev–Trinajstić information content (AvgIpc) is 3.61. The predicted octanol–water partition coefficient (Wildman–Crippen LogP) is 2.52. The number of pyridine rings is 1. The zero-order valence-electron chi connectivity index (χ0n) is 17.6. The molecule has 11 heteroatoms. The molecule has 3 aliphatic rings. The summed E-state index contributed by atoms with van der Waals surface area (Å²) in [7, 11) is 0. The Morgan fingerprint density at radius 2 is 2.30 bits per heavy atom. The standard InChI is InChI=1S/C22H21N7O3S/c30-20-15(3-11-6-25-28-18(11)27-20)26-19-17-14-2-1-10(4-16(14)33-21(17)24-9-23-19)22(31)29-7-13-5-12(29)8-32-13/h3,6,9-10,12-13H,1-2,4-5,7-8H2,(H,23,24,26)(H2,25,27,28,30)/t10-,12-,13-/m0/s1. The number of rotatable bonds is 3. The van der Waals surface area contributed by atoms with Crippen molar-refractivity contribution in [3.63, 3.8) is 0 Å². The van der Waals surface area contributed by atoms with Crippen molar-refractivity contribution in [1.82, 2.24) is 30.0 Å². The molecule has 4 aromatic heterocycles. The number of aryl methyl sites for hydroxylation is 1. The molecular weight excluding hydrogens is 442 g/mol. The minimum atomic E-state index is -0.128. The van der Waals surface area contributed by atoms with Gasteiger partial charge in [0, 0.05) is 22.7 Å². The molecule has 2 bridgehead atoms. The number of carbonyl (C=O) groups excluding carboxylic acids is 1. The Morgan fingerprint density at radius 3 is 3.15 bits per heavy atom. The van der Waals surface area contributed by atoms with Gasteiger partial charge in [-0.15, -0.1) is 11.3 Å². The molecule has 168 valence electrons. The van der Waals surface area contributed by atoms with Crippen molar-refractivity contribution in [2.45, 2.75) is 37.8 Å². The molecule has 0 unspecified atom stereocenters. The number of fused-ring (bicyclic) bond motifs is 6. The van der Waals surface area contributed by atoms with Crippen LogP contribution in [0, 0.1) is 5.92 Å². The normalized spacial score (nSPS) is 24.0. The lowest BCUT2D eigenvalue weighted by Crippen LogP contribution is -2.45. The molecule has 10 nitrogen and oxygen atoms in total. The van der Waals surface area contributed by atoms with Gasteiger partial charge in [0.05, 0.1) is 30.3 Å². The number of thiophene rings is 1. The fraction of sp³-hybridized carbons (Fsp3) is 0.409. The van der Waals surface area contributed by atoms with Crippen molar-refractivity contribution in [2.75, 3.05) is 18.5 Å². The summed E-state index contributed by atoms with van der Waals surface area (Å²) in [5.41, 5.74) is 2.18. The molecule has 0 saturated carbocycles. The number of aromatic hydroxyl groups is 1. The molecule has 33 heavy (non-hydrogen) atoms. The summed E-state index contributed by atoms with van der Waals surface area (Å²) in [6.45, 7) is 1.41. The molecule has 6 heterocycles. The highest BCUT2D eigenvalue weighted by atomic mass is 32.1. The van der Waals surface area contributed by atoms with Gasteiger partial charge in [-0.05, 0) is 37.3 Å². The van der Waals surface area contributed by atoms with E-state index in [0.29, 0.717) is 23.8 Å². The van der Waals surface area contributed by atoms with E-state index in [9.17, 15) is 9.90 Å². The summed E-state index contributed by atoms with van der Waals surface area (Å²) in [6, 6.07) is 2.04. The second kappa shape index (κ2) is 7.09. The van der Waals surface area contributed by atoms with Gasteiger partial charge in [0.15, 0.2) is 5.65 Å². The van der Waals surface area contributed by atoms with Crippen LogP contribution in [0.3, 0.4) is 0 Å². The first-order valence-electron chi connectivity index (χ1n) is 11.1. The van der Waals surface area contributed by atoms with Crippen LogP contribution in [0.2, 0.25) is 0 Å². The lowest BCUT2D eigenvalue weighted by atomic mass is 9.86. The van der Waals surface area contributed by atoms with Crippen molar-refractivity contribution >= 4 is 50.0 Å². The largest absolute Gasteiger partial charge is 0.492 e. The summed E-state index contributed by atoms with van der Waals surface area (Å²) in [5, 5.41) is 22.1. The van der Waals surface area contributed by atoms with E-state index in [2.05, 4.69) is 30.5 Å². The van der Waals surface area contributed by atoms with Crippen molar-refractivity contribution in [3.05, 3.63) is 29.0 Å². The van der Waals surface area contributed by atoms with Crippen LogP contribution in [0.1, 0.15) is 23.3 Å². The van der Waals surface area contributed by atoms with E-state index in [0.717, 1.165) is 47.8 Å². The molecule has 2 fully saturated rings. The minimum absolute atomic E-state index is 0.00558. The van der Waals surface area contributed by atoms with Crippen molar-refractivity contribution in [2.24, 2.45) is 5.92 Å². The third-order valence-electron chi connectivity index (χ3n) is 7.04. The van der Waals surface area contributed by atoms with E-state index < -0.39 is 0 Å². The molecule has 0 spiro atoms. The molecule has 2 aliphatic heterocycles. The van der Waals surface area contributed by atoms with Gasteiger partial charge in [-0.25, -0.2) is 9.97 Å². The lowest BCUT2D eigenvalue weighted by molar-refractivity contribution is -0.140. The molecule has 3 N–H and O–H groups in total. The third kappa shape index (κ3) is 2.99. The second-order valence-corrected chi connectivity index (χ2v) is 10.1. The summed E-state index contributed by atoms with van der Waals surface area (Å²) in [5.74, 6) is 0.780. The Bertz CT molecular complexity index is 1420. The number of hydrogen-bond acceptors (Lipinski definition) is 9. The number of aromatic amines is 1. The van der Waals surface area contributed by atoms with E-state index in [1.54, 1.807) is 23.6 Å². The zero-order valence-corrected chi connectivity index (χ0v) is 18.4. The van der Waals surface area contributed by atoms with E-state index in [1.165, 1.54) is 16.8 Å². The monoisotopic (exact) mass is 463 g/mol. The van der Waals surface area contributed by atoms with Crippen LogP contribution in [0.15, 0.2) is 18.6 Å². The average molecular weight is 464 g/mol. The number of nitrogens with zero attached hydrogens (tertiary/aromatic N) is 5. The molecule has 1 amide bonds. The van der Waals surface area contributed by atoms with Gasteiger partial charge in [0.25, 0.3) is 0 Å². The van der Waals surface area contributed by atoms with Crippen LogP contribution in [0.5, 0.6) is 5.88 Å². The van der Waals surface area contributed by atoms with Gasteiger partial charge in [-0.3, -0.25) is 9.89 Å². The van der Waals surface area contributed by atoms with E-state index in [1.807, 2.05) is 4.90 Å². The van der Waals surface area contributed by atoms with Crippen LogP contribution < -0.4 is 5.32 Å². The van der Waals surface area contributed by atoms with E-state index in [-0.39, 0.29) is 29.9 Å². The van der Waals surface area contributed by atoms with Crippen LogP contribution >= 0.6 is 11.3 Å². The highest BCUT2D eigenvalue weighted by Crippen LogP contribution is 2.42. The highest BCUT2D eigenvalue weighted by molar-refractivity contribution is 7.19. The lowest BCUT2D eigenvalue weighted by Gasteiger charge is -2.32. The molecule has 4 aromatic rings. The molecule has 1 aliphatic carbocycles. The maximum Gasteiger partial charge on any atom is 0.237 e. The molecule has 7 rings (SSSR count). The quantitative estimate of drug-likeness (QED) is 0.423. The fourth-order valence-corrected chi connectivity index (χ4v) is 6.68. The van der Waals surface area contributed by atoms with Gasteiger partial charge >= 0.3 is 0 Å². The zero-order chi connectivity index (χ0) is 22.1. The molecule has 0 radical (unpaired) electrons. The van der Waals surface area contributed by atoms with Crippen molar-refractivity contribution in [1.29, 1.82) is 0 Å². The van der Waals surface area contributed by atoms with Gasteiger partial charge in [-0.1, -0.05) is 0 Å². The van der Waals surface area contributed by atoms with E-state index >= 15 is 0 Å². The summed E-state index contributed by atoms with van der Waals surface area (Å²) < 4.78 is 5.66. The van der Waals surface area contributed by atoms with Gasteiger partial charge in [-0.2, -0.15) is 10.1 Å². The first kappa shape index (κ1) is 19.2. The number of ether oxygens (including phenoxy) is 1. The van der Waals surface area contributed by atoms with Crippen LogP contribution in [0.4, 0.5) is 11.5 Å². The van der Waals surface area contributed by atoms with Gasteiger partial charge in [0.2, 0.25) is 11.8 Å². The first-order valence-corrected chi connectivity index (χ1v) is 11.9. The number of hydrogen-bond donors (Lipinski definition) is 3. The summed E-state index contributed by atoms with van der Waals surface area (Å²) >= 11 is 1.63. The van der Waals surface area contributed by atoms with E-state index in [4.69, 9.17) is 4.74 Å². The van der Waals surface area contributed by atoms with Crippen molar-refractivity contribution in [3.8, 4) is 5.88 Å². The number of nitrogens with one attached hydrogen (secondary N) is 2. The predicted molar refractivity (Wildman–Crippen MR) is 122 cm³/mol. The maximum atomic E-state index is 13.2. The number of H-pyrrole nitrogens is 1. The van der Waals surface area contributed by atoms with Gasteiger partial charge in [0.1, 0.15) is 22.7 Å². The Balaban J connectivity index is 1.20. The molecular formula is C22H21N7O3S. The summed E-state index contributed by atoms with van der Waals surface area (Å²) in [6.07, 6.45) is 6.73. The Morgan fingerprint density at radius 1 is 1.36 bits per heavy atom. The van der Waals surface area contributed by atoms with Crippen LogP contribution in [0.25, 0.3) is 21.3 Å². The number of carbonyl (C=O) groups is 1. The number of amides is 1. The Labute approximate surface area is 192 Å². The third-order valence-corrected chi connectivity index (χ3v) is 8.20. The van der Waals surface area contributed by atoms with Crippen LogP contribution in [-0.2, 0) is 22.4 Å². The molecule has 3 atom stereocenters. The fourth-order valence-electron chi connectivity index (χ4n) is 5.41. The van der Waals surface area contributed by atoms with Crippen LogP contribution in [-0.4, -0.2) is 66.4 Å². The summed E-state index contributed by atoms with van der Waals surface area (Å²) in [4.78, 5) is 30.5. The highest BCUT2D eigenvalue weighted by Gasteiger charge is 2.43. The van der Waals surface area contributed by atoms with Gasteiger partial charge < -0.3 is 20.1 Å². The Kier molecular flexibility index (Phi) is 4.12. The number of morpholine rings is 1. The number of likely N-dealkylation sites (tertiary alicyclic amines) is 1. The SMILES string of the molecule is O=C([C@H]1CCc2c(sc3ncnc(Nc4cc5cn[nH]c5nc4O)c23)C1)N1C[C@@H]2C[C@H]1CO2. The Hall–Kier alpha value is -3.31. The number of anilines is 2. The smallest absolute Gasteiger partial charge is 0.237 e. The molecule has 2 saturated heterocycles. The topological polar surface area (TPSA) is 129 Å². The number of aromatic nitrogens is 5. The molecule has 0 aromatic carbocycles. The van der Waals surface area contributed by atoms with Crippen molar-refractivity contribution < 1.29 is 14.6 Å².